The number of nitrogens with zero attached hydrogens (tertiary/aromatic N) is 5. The SMILES string of the molecule is N#CNC(=NCCCCCS(=O)(=O)N(OCCN1CCOCC1)C1CCC1)Nc1ccncc1.[HH].[HH]. The lowest BCUT2D eigenvalue weighted by atomic mass is 9.94. The van der Waals surface area contributed by atoms with Crippen molar-refractivity contribution in [3.8, 4) is 6.19 Å². The van der Waals surface area contributed by atoms with Gasteiger partial charge in [0.15, 0.2) is 6.19 Å². The van der Waals surface area contributed by atoms with Gasteiger partial charge in [0.05, 0.1) is 31.6 Å². The first kappa shape index (κ1) is 26.3. The lowest BCUT2D eigenvalue weighted by Crippen LogP contribution is -2.46. The number of rotatable bonds is 13. The van der Waals surface area contributed by atoms with Gasteiger partial charge in [0.25, 0.3) is 0 Å². The van der Waals surface area contributed by atoms with E-state index < -0.39 is 10.0 Å². The molecule has 1 aromatic heterocycles. The third-order valence-electron chi connectivity index (χ3n) is 5.82. The minimum absolute atomic E-state index is 0. The van der Waals surface area contributed by atoms with Gasteiger partial charge in [-0.1, -0.05) is 17.3 Å². The van der Waals surface area contributed by atoms with Gasteiger partial charge in [-0.25, -0.2) is 8.42 Å². The molecule has 1 saturated heterocycles. The molecule has 192 valence electrons. The minimum atomic E-state index is -3.48. The molecule has 2 heterocycles. The third-order valence-corrected chi connectivity index (χ3v) is 7.58. The molecule has 12 heteroatoms. The Morgan fingerprint density at radius 3 is 2.74 bits per heavy atom. The summed E-state index contributed by atoms with van der Waals surface area (Å²) in [6, 6.07) is 3.50. The van der Waals surface area contributed by atoms with Crippen LogP contribution < -0.4 is 10.6 Å². The Morgan fingerprint density at radius 1 is 1.29 bits per heavy atom. The molecule has 1 aliphatic carbocycles. The number of nitriles is 1. The van der Waals surface area contributed by atoms with E-state index in [4.69, 9.17) is 14.8 Å². The molecule has 0 unspecified atom stereocenters. The normalized spacial score (nSPS) is 17.8. The fraction of sp³-hybridized carbons (Fsp3) is 0.682. The van der Waals surface area contributed by atoms with Crippen LogP contribution in [-0.4, -0.2) is 86.5 Å². The zero-order chi connectivity index (χ0) is 24.1. The molecule has 0 bridgehead atoms. The Bertz CT molecular complexity index is 909. The summed E-state index contributed by atoms with van der Waals surface area (Å²) in [7, 11) is -3.48. The number of ether oxygens (including phenoxy) is 1. The molecule has 0 radical (unpaired) electrons. The van der Waals surface area contributed by atoms with Crippen LogP contribution in [0.2, 0.25) is 0 Å². The first-order chi connectivity index (χ1) is 16.6. The summed E-state index contributed by atoms with van der Waals surface area (Å²) in [6.45, 7) is 4.67. The van der Waals surface area contributed by atoms with Crippen LogP contribution in [0.3, 0.4) is 0 Å². The van der Waals surface area contributed by atoms with Crippen LogP contribution in [0.1, 0.15) is 41.4 Å². The van der Waals surface area contributed by atoms with Gasteiger partial charge in [0, 0.05) is 47.1 Å². The molecule has 2 fully saturated rings. The van der Waals surface area contributed by atoms with E-state index >= 15 is 0 Å². The summed E-state index contributed by atoms with van der Waals surface area (Å²) in [5.74, 6) is 0.412. The molecular weight excluding hydrogens is 458 g/mol. The van der Waals surface area contributed by atoms with Crippen molar-refractivity contribution in [1.29, 1.82) is 5.26 Å². The molecule has 2 aliphatic rings. The number of hydroxylamine groups is 1. The van der Waals surface area contributed by atoms with E-state index in [1.807, 2.05) is 6.19 Å². The van der Waals surface area contributed by atoms with Crippen LogP contribution in [0, 0.1) is 11.5 Å². The number of aliphatic imine (C=N–C) groups is 1. The van der Waals surface area contributed by atoms with Crippen molar-refractivity contribution in [3.63, 3.8) is 0 Å². The molecule has 11 nitrogen and oxygen atoms in total. The van der Waals surface area contributed by atoms with Crippen LogP contribution in [0.25, 0.3) is 0 Å². The van der Waals surface area contributed by atoms with Gasteiger partial charge in [-0.05, 0) is 37.8 Å². The van der Waals surface area contributed by atoms with Crippen molar-refractivity contribution in [1.82, 2.24) is 19.7 Å². The maximum absolute atomic E-state index is 13.0. The average molecular weight is 498 g/mol. The Kier molecular flexibility index (Phi) is 11.0. The Morgan fingerprint density at radius 2 is 2.06 bits per heavy atom. The van der Waals surface area contributed by atoms with Crippen molar-refractivity contribution in [2.75, 3.05) is 57.1 Å². The van der Waals surface area contributed by atoms with E-state index in [0.717, 1.165) is 38.0 Å². The Labute approximate surface area is 205 Å². The third kappa shape index (κ3) is 8.81. The molecule has 34 heavy (non-hydrogen) atoms. The second-order valence-corrected chi connectivity index (χ2v) is 10.3. The summed E-state index contributed by atoms with van der Waals surface area (Å²) >= 11 is 0. The van der Waals surface area contributed by atoms with Crippen LogP contribution in [0.4, 0.5) is 5.69 Å². The van der Waals surface area contributed by atoms with Gasteiger partial charge in [0.2, 0.25) is 16.0 Å². The fourth-order valence-corrected chi connectivity index (χ4v) is 5.33. The molecule has 1 aromatic rings. The number of unbranched alkanes of at least 4 members (excludes halogenated alkanes) is 2. The fourth-order valence-electron chi connectivity index (χ4n) is 3.68. The van der Waals surface area contributed by atoms with Crippen molar-refractivity contribution in [2.45, 2.75) is 44.6 Å². The van der Waals surface area contributed by atoms with E-state index in [1.165, 1.54) is 4.47 Å². The number of guanidine groups is 1. The molecule has 1 saturated carbocycles. The van der Waals surface area contributed by atoms with E-state index in [-0.39, 0.29) is 14.6 Å². The highest BCUT2D eigenvalue weighted by molar-refractivity contribution is 7.88. The Hall–Kier alpha value is -2.30. The lowest BCUT2D eigenvalue weighted by Gasteiger charge is -2.36. The molecular formula is C22H39N7O4S. The second kappa shape index (κ2) is 14.2. The van der Waals surface area contributed by atoms with Crippen LogP contribution in [-0.2, 0) is 19.6 Å². The molecule has 3 rings (SSSR count). The van der Waals surface area contributed by atoms with Gasteiger partial charge >= 0.3 is 0 Å². The lowest BCUT2D eigenvalue weighted by molar-refractivity contribution is -0.135. The summed E-state index contributed by atoms with van der Waals surface area (Å²) in [6.07, 6.45) is 9.85. The van der Waals surface area contributed by atoms with Gasteiger partial charge in [-0.3, -0.25) is 25.0 Å². The number of nitrogens with one attached hydrogen (secondary N) is 2. The molecule has 0 amide bonds. The summed E-state index contributed by atoms with van der Waals surface area (Å²) in [5.41, 5.74) is 0.771. The zero-order valence-electron chi connectivity index (χ0n) is 19.6. The minimum Gasteiger partial charge on any atom is -0.379 e. The molecule has 0 spiro atoms. The highest BCUT2D eigenvalue weighted by Gasteiger charge is 2.34. The molecule has 0 aromatic carbocycles. The standard InChI is InChI=1S/C22H35N7O4S.2H2/c23-19-26-22(27-20-7-10-24-11-8-20)25-9-2-1-3-18-34(30,31)29(21-5-4-6-21)33-17-14-28-12-15-32-16-13-28;;/h7-8,10-11,21H,1-6,9,12-18H2,(H2,24,25,26,27);2*1H. The van der Waals surface area contributed by atoms with Crippen molar-refractivity contribution >= 4 is 21.7 Å². The largest absolute Gasteiger partial charge is 0.379 e. The maximum Gasteiger partial charge on any atom is 0.236 e. The number of morpholine rings is 1. The quantitative estimate of drug-likeness (QED) is 0.105. The monoisotopic (exact) mass is 497 g/mol. The number of anilines is 1. The molecule has 1 aliphatic heterocycles. The van der Waals surface area contributed by atoms with Crippen molar-refractivity contribution in [2.24, 2.45) is 4.99 Å². The Balaban J connectivity index is 0.00000324. The van der Waals surface area contributed by atoms with Crippen molar-refractivity contribution in [3.05, 3.63) is 24.5 Å². The van der Waals surface area contributed by atoms with Crippen molar-refractivity contribution < 1.29 is 20.8 Å². The predicted octanol–water partition coefficient (Wildman–Crippen LogP) is 2.03. The summed E-state index contributed by atoms with van der Waals surface area (Å²) in [4.78, 5) is 16.3. The van der Waals surface area contributed by atoms with Gasteiger partial charge < -0.3 is 10.1 Å². The highest BCUT2D eigenvalue weighted by atomic mass is 32.2. The maximum atomic E-state index is 13.0. The second-order valence-electron chi connectivity index (χ2n) is 8.33. The van der Waals surface area contributed by atoms with E-state index in [1.54, 1.807) is 24.5 Å². The van der Waals surface area contributed by atoms with Crippen LogP contribution in [0.5, 0.6) is 0 Å². The van der Waals surface area contributed by atoms with E-state index in [0.29, 0.717) is 58.1 Å². The van der Waals surface area contributed by atoms with Crippen LogP contribution >= 0.6 is 0 Å². The topological polar surface area (TPSA) is 132 Å². The number of hydrogen-bond donors (Lipinski definition) is 2. The first-order valence-electron chi connectivity index (χ1n) is 11.9. The van der Waals surface area contributed by atoms with Gasteiger partial charge in [0.1, 0.15) is 0 Å². The zero-order valence-corrected chi connectivity index (χ0v) is 20.4. The summed E-state index contributed by atoms with van der Waals surface area (Å²) < 4.78 is 32.5. The van der Waals surface area contributed by atoms with Crippen LogP contribution in [0.15, 0.2) is 29.5 Å². The molecule has 2 N–H and O–H groups in total. The highest BCUT2D eigenvalue weighted by Crippen LogP contribution is 2.28. The van der Waals surface area contributed by atoms with Gasteiger partial charge in [-0.15, -0.1) is 0 Å². The number of hydrogen-bond acceptors (Lipinski definition) is 8. The predicted molar refractivity (Wildman–Crippen MR) is 133 cm³/mol. The average Bonchev–Trinajstić information content (AvgIpc) is 2.81. The van der Waals surface area contributed by atoms with E-state index in [2.05, 4.69) is 25.5 Å². The number of pyridine rings is 1. The summed E-state index contributed by atoms with van der Waals surface area (Å²) in [5, 5.41) is 14.5. The smallest absolute Gasteiger partial charge is 0.236 e. The molecule has 0 atom stereocenters. The van der Waals surface area contributed by atoms with Gasteiger partial charge in [-0.2, -0.15) is 5.26 Å². The number of aromatic nitrogens is 1. The van der Waals surface area contributed by atoms with E-state index in [9.17, 15) is 8.42 Å². The number of sulfonamides is 1. The first-order valence-corrected chi connectivity index (χ1v) is 13.5.